The molecule has 39 heavy (non-hydrogen) atoms. The van der Waals surface area contributed by atoms with Gasteiger partial charge in [0.2, 0.25) is 11.8 Å². The number of rotatable bonds is 6. The molecule has 2 unspecified atom stereocenters. The molecular weight excluding hydrogens is 524 g/mol. The fraction of sp³-hybridized carbons (Fsp3) is 0.533. The minimum Gasteiger partial charge on any atom is -0.393 e. The number of aliphatic hydroxyl groups excluding tert-OH is 1. The topological polar surface area (TPSA) is 90.5 Å². The van der Waals surface area contributed by atoms with Gasteiger partial charge in [0.05, 0.1) is 12.1 Å². The maximum atomic E-state index is 14.7. The lowest BCUT2D eigenvalue weighted by atomic mass is 9.62. The number of hydrogen-bond acceptors (Lipinski definition) is 4. The third-order valence-electron chi connectivity index (χ3n) is 8.56. The molecule has 6 atom stereocenters. The van der Waals surface area contributed by atoms with Crippen LogP contribution in [0.15, 0.2) is 36.4 Å². The molecule has 4 N–H and O–H groups in total. The SMILES string of the molecule is CC(C)(C)C[C@H]1N[C@@H](C(=O)NCCC2CCC(O)C2)[C@H](c2cccc(Cl)c2)[C@@]12C(=O)Nc1cc(F)c(F)cc12. The molecule has 0 radical (unpaired) electrons. The highest BCUT2D eigenvalue weighted by Crippen LogP contribution is 2.56. The third kappa shape index (κ3) is 5.19. The van der Waals surface area contributed by atoms with Gasteiger partial charge in [-0.3, -0.25) is 9.59 Å². The third-order valence-corrected chi connectivity index (χ3v) is 8.79. The Kier molecular flexibility index (Phi) is 7.50. The number of benzene rings is 2. The van der Waals surface area contributed by atoms with E-state index in [0.29, 0.717) is 35.0 Å². The van der Waals surface area contributed by atoms with Crippen LogP contribution < -0.4 is 16.0 Å². The van der Waals surface area contributed by atoms with Crippen LogP contribution in [0.3, 0.4) is 0 Å². The number of nitrogens with one attached hydrogen (secondary N) is 3. The monoisotopic (exact) mass is 559 g/mol. The van der Waals surface area contributed by atoms with Crippen LogP contribution in [0.4, 0.5) is 14.5 Å². The van der Waals surface area contributed by atoms with E-state index in [1.807, 2.05) is 26.8 Å². The fourth-order valence-electron chi connectivity index (χ4n) is 6.95. The van der Waals surface area contributed by atoms with Gasteiger partial charge in [-0.05, 0) is 72.8 Å². The first-order valence-electron chi connectivity index (χ1n) is 13.7. The van der Waals surface area contributed by atoms with Gasteiger partial charge < -0.3 is 21.1 Å². The Balaban J connectivity index is 1.58. The van der Waals surface area contributed by atoms with E-state index in [-0.39, 0.29) is 23.1 Å². The van der Waals surface area contributed by atoms with Crippen molar-refractivity contribution in [3.63, 3.8) is 0 Å². The second-order valence-corrected chi connectivity index (χ2v) is 13.0. The van der Waals surface area contributed by atoms with Crippen molar-refractivity contribution in [1.29, 1.82) is 0 Å². The standard InChI is InChI=1S/C30H36ClF2N3O3/c1-29(2,3)15-24-30(20-13-21(32)22(33)14-23(20)35-28(30)39)25(17-5-4-6-18(31)12-17)26(36-24)27(38)34-10-9-16-7-8-19(37)11-16/h4-6,12-14,16,19,24-26,36-37H,7-11,15H2,1-3H3,(H,34,38)(H,35,39)/t16?,19?,24-,25+,26-,30+/m1/s1. The average Bonchev–Trinajstić information content (AvgIpc) is 3.49. The normalized spacial score (nSPS) is 30.0. The zero-order chi connectivity index (χ0) is 28.1. The van der Waals surface area contributed by atoms with Crippen molar-refractivity contribution in [2.45, 2.75) is 82.4 Å². The largest absolute Gasteiger partial charge is 0.393 e. The predicted octanol–water partition coefficient (Wildman–Crippen LogP) is 5.04. The molecule has 1 saturated heterocycles. The van der Waals surface area contributed by atoms with Crippen molar-refractivity contribution < 1.29 is 23.5 Å². The summed E-state index contributed by atoms with van der Waals surface area (Å²) in [5.74, 6) is -3.14. The molecule has 1 spiro atoms. The highest BCUT2D eigenvalue weighted by Gasteiger charge is 2.66. The van der Waals surface area contributed by atoms with E-state index >= 15 is 0 Å². The number of halogens is 3. The van der Waals surface area contributed by atoms with E-state index in [1.165, 1.54) is 0 Å². The van der Waals surface area contributed by atoms with Gasteiger partial charge in [0, 0.05) is 35.3 Å². The molecule has 1 aliphatic carbocycles. The van der Waals surface area contributed by atoms with Gasteiger partial charge in [-0.25, -0.2) is 8.78 Å². The van der Waals surface area contributed by atoms with Gasteiger partial charge in [-0.2, -0.15) is 0 Å². The molecule has 2 amide bonds. The molecule has 0 aromatic heterocycles. The first-order chi connectivity index (χ1) is 18.4. The summed E-state index contributed by atoms with van der Waals surface area (Å²) in [5, 5.41) is 19.6. The second kappa shape index (κ2) is 10.5. The summed E-state index contributed by atoms with van der Waals surface area (Å²) < 4.78 is 29.0. The summed E-state index contributed by atoms with van der Waals surface area (Å²) in [4.78, 5) is 27.9. The first kappa shape index (κ1) is 28.0. The smallest absolute Gasteiger partial charge is 0.237 e. The van der Waals surface area contributed by atoms with Crippen LogP contribution in [0, 0.1) is 23.0 Å². The van der Waals surface area contributed by atoms with Crippen LogP contribution in [0.1, 0.15) is 69.9 Å². The molecule has 6 nitrogen and oxygen atoms in total. The Labute approximate surface area is 232 Å². The van der Waals surface area contributed by atoms with Crippen LogP contribution in [0.2, 0.25) is 5.02 Å². The van der Waals surface area contributed by atoms with E-state index in [2.05, 4.69) is 16.0 Å². The molecule has 5 rings (SSSR count). The Hall–Kier alpha value is -2.55. The van der Waals surface area contributed by atoms with Crippen molar-refractivity contribution >= 4 is 29.1 Å². The second-order valence-electron chi connectivity index (χ2n) is 12.5. The van der Waals surface area contributed by atoms with Crippen LogP contribution in [-0.2, 0) is 15.0 Å². The summed E-state index contributed by atoms with van der Waals surface area (Å²) >= 11 is 6.39. The average molecular weight is 560 g/mol. The van der Waals surface area contributed by atoms with Crippen molar-refractivity contribution in [2.75, 3.05) is 11.9 Å². The molecular formula is C30H36ClF2N3O3. The Morgan fingerprint density at radius 1 is 1.18 bits per heavy atom. The van der Waals surface area contributed by atoms with E-state index in [4.69, 9.17) is 11.6 Å². The van der Waals surface area contributed by atoms with E-state index in [1.54, 1.807) is 18.2 Å². The van der Waals surface area contributed by atoms with Crippen molar-refractivity contribution in [3.05, 3.63) is 64.2 Å². The zero-order valence-corrected chi connectivity index (χ0v) is 23.2. The summed E-state index contributed by atoms with van der Waals surface area (Å²) in [6, 6.07) is 7.79. The molecule has 2 aromatic carbocycles. The van der Waals surface area contributed by atoms with Crippen LogP contribution >= 0.6 is 11.6 Å². The van der Waals surface area contributed by atoms with E-state index in [9.17, 15) is 23.5 Å². The van der Waals surface area contributed by atoms with Gasteiger partial charge in [-0.15, -0.1) is 0 Å². The Morgan fingerprint density at radius 3 is 2.59 bits per heavy atom. The summed E-state index contributed by atoms with van der Waals surface area (Å²) in [7, 11) is 0. The molecule has 2 heterocycles. The van der Waals surface area contributed by atoms with Crippen LogP contribution in [-0.4, -0.2) is 41.7 Å². The first-order valence-corrected chi connectivity index (χ1v) is 14.1. The minimum absolute atomic E-state index is 0.215. The highest BCUT2D eigenvalue weighted by molar-refractivity contribution is 6.30. The molecule has 0 bridgehead atoms. The van der Waals surface area contributed by atoms with Crippen LogP contribution in [0.5, 0.6) is 0 Å². The molecule has 1 saturated carbocycles. The highest BCUT2D eigenvalue weighted by atomic mass is 35.5. The molecule has 210 valence electrons. The lowest BCUT2D eigenvalue weighted by Gasteiger charge is -2.37. The lowest BCUT2D eigenvalue weighted by Crippen LogP contribution is -2.49. The van der Waals surface area contributed by atoms with Crippen molar-refractivity contribution in [3.8, 4) is 0 Å². The van der Waals surface area contributed by atoms with Gasteiger partial charge in [0.1, 0.15) is 5.41 Å². The van der Waals surface area contributed by atoms with E-state index < -0.39 is 41.0 Å². The lowest BCUT2D eigenvalue weighted by molar-refractivity contribution is -0.123. The summed E-state index contributed by atoms with van der Waals surface area (Å²) in [6.45, 7) is 6.56. The number of carbonyl (C=O) groups is 2. The number of hydrogen-bond donors (Lipinski definition) is 4. The van der Waals surface area contributed by atoms with Crippen LogP contribution in [0.25, 0.3) is 0 Å². The number of carbonyl (C=O) groups excluding carboxylic acids is 2. The number of amides is 2. The maximum absolute atomic E-state index is 14.7. The molecule has 9 heteroatoms. The van der Waals surface area contributed by atoms with Crippen molar-refractivity contribution in [2.24, 2.45) is 11.3 Å². The quantitative estimate of drug-likeness (QED) is 0.399. The van der Waals surface area contributed by atoms with E-state index in [0.717, 1.165) is 37.8 Å². The van der Waals surface area contributed by atoms with Crippen molar-refractivity contribution in [1.82, 2.24) is 10.6 Å². The molecule has 2 aliphatic heterocycles. The number of anilines is 1. The predicted molar refractivity (Wildman–Crippen MR) is 147 cm³/mol. The fourth-order valence-corrected chi connectivity index (χ4v) is 7.15. The van der Waals surface area contributed by atoms with Gasteiger partial charge in [0.25, 0.3) is 0 Å². The Morgan fingerprint density at radius 2 is 1.92 bits per heavy atom. The molecule has 2 aromatic rings. The minimum atomic E-state index is -1.38. The Bertz CT molecular complexity index is 1280. The number of aliphatic hydroxyl groups is 1. The molecule has 2 fully saturated rings. The van der Waals surface area contributed by atoms with Gasteiger partial charge in [-0.1, -0.05) is 44.5 Å². The number of fused-ring (bicyclic) bond motifs is 2. The summed E-state index contributed by atoms with van der Waals surface area (Å²) in [6.07, 6.45) is 3.42. The maximum Gasteiger partial charge on any atom is 0.237 e. The van der Waals surface area contributed by atoms with Gasteiger partial charge >= 0.3 is 0 Å². The summed E-state index contributed by atoms with van der Waals surface area (Å²) in [5.41, 5.74) is -0.404. The zero-order valence-electron chi connectivity index (χ0n) is 22.5. The van der Waals surface area contributed by atoms with Gasteiger partial charge in [0.15, 0.2) is 11.6 Å². The molecule has 3 aliphatic rings.